The van der Waals surface area contributed by atoms with Crippen molar-refractivity contribution < 1.29 is 4.79 Å². The van der Waals surface area contributed by atoms with Crippen molar-refractivity contribution in [2.45, 2.75) is 34.1 Å². The predicted octanol–water partition coefficient (Wildman–Crippen LogP) is 4.96. The summed E-state index contributed by atoms with van der Waals surface area (Å²) in [5.41, 5.74) is 6.86. The first-order valence-corrected chi connectivity index (χ1v) is 9.04. The van der Waals surface area contributed by atoms with E-state index in [-0.39, 0.29) is 5.91 Å². The van der Waals surface area contributed by atoms with Crippen molar-refractivity contribution in [3.05, 3.63) is 76.6 Å². The summed E-state index contributed by atoms with van der Waals surface area (Å²) in [6.45, 7) is 8.22. The van der Waals surface area contributed by atoms with Gasteiger partial charge in [0.2, 0.25) is 5.95 Å². The number of aromatic nitrogens is 2. The van der Waals surface area contributed by atoms with E-state index in [1.165, 1.54) is 23.5 Å². The van der Waals surface area contributed by atoms with Gasteiger partial charge in [-0.25, -0.2) is 9.97 Å². The Kier molecular flexibility index (Phi) is 5.50. The van der Waals surface area contributed by atoms with Crippen molar-refractivity contribution >= 4 is 23.2 Å². The highest BCUT2D eigenvalue weighted by molar-refractivity contribution is 6.04. The average molecular weight is 360 g/mol. The van der Waals surface area contributed by atoms with Crippen molar-refractivity contribution in [2.24, 2.45) is 0 Å². The Bertz CT molecular complexity index is 965. The summed E-state index contributed by atoms with van der Waals surface area (Å²) in [4.78, 5) is 21.0. The fraction of sp³-hybridized carbons (Fsp3) is 0.227. The zero-order chi connectivity index (χ0) is 19.4. The van der Waals surface area contributed by atoms with Gasteiger partial charge in [-0.05, 0) is 61.6 Å². The number of nitrogens with zero attached hydrogens (tertiary/aromatic N) is 2. The number of carbonyl (C=O) groups excluding carboxylic acids is 1. The Balaban J connectivity index is 1.73. The maximum atomic E-state index is 12.4. The molecule has 1 heterocycles. The summed E-state index contributed by atoms with van der Waals surface area (Å²) in [7, 11) is 0. The van der Waals surface area contributed by atoms with Crippen molar-refractivity contribution in [3.63, 3.8) is 0 Å². The Labute approximate surface area is 159 Å². The first-order chi connectivity index (χ1) is 13.0. The van der Waals surface area contributed by atoms with Crippen LogP contribution in [-0.4, -0.2) is 15.9 Å². The molecule has 0 aliphatic heterocycles. The number of amides is 1. The second kappa shape index (κ2) is 7.99. The molecule has 2 aromatic carbocycles. The highest BCUT2D eigenvalue weighted by atomic mass is 16.1. The monoisotopic (exact) mass is 360 g/mol. The minimum absolute atomic E-state index is 0.227. The Morgan fingerprint density at radius 2 is 1.70 bits per heavy atom. The van der Waals surface area contributed by atoms with E-state index in [1.54, 1.807) is 0 Å². The summed E-state index contributed by atoms with van der Waals surface area (Å²) in [6, 6.07) is 12.0. The molecular formula is C22H24N4O. The van der Waals surface area contributed by atoms with Crippen molar-refractivity contribution in [1.29, 1.82) is 0 Å². The molecule has 0 unspecified atom stereocenters. The third-order valence-electron chi connectivity index (χ3n) is 4.66. The number of para-hydroxylation sites is 1. The number of anilines is 3. The van der Waals surface area contributed by atoms with Crippen LogP contribution in [0.5, 0.6) is 0 Å². The lowest BCUT2D eigenvalue weighted by atomic mass is 10.1. The molecule has 0 aliphatic rings. The van der Waals surface area contributed by atoms with E-state index in [4.69, 9.17) is 0 Å². The first kappa shape index (κ1) is 18.6. The highest BCUT2D eigenvalue weighted by Gasteiger charge is 2.10. The van der Waals surface area contributed by atoms with Gasteiger partial charge in [0.05, 0.1) is 5.56 Å². The normalized spacial score (nSPS) is 10.5. The van der Waals surface area contributed by atoms with Crippen molar-refractivity contribution in [3.8, 4) is 0 Å². The predicted molar refractivity (Wildman–Crippen MR) is 110 cm³/mol. The van der Waals surface area contributed by atoms with Crippen LogP contribution in [0.15, 0.2) is 48.8 Å². The van der Waals surface area contributed by atoms with E-state index < -0.39 is 0 Å². The van der Waals surface area contributed by atoms with Crippen LogP contribution in [0.1, 0.15) is 39.5 Å². The van der Waals surface area contributed by atoms with Gasteiger partial charge < -0.3 is 10.6 Å². The largest absolute Gasteiger partial charge is 0.324 e. The smallest absolute Gasteiger partial charge is 0.258 e. The van der Waals surface area contributed by atoms with Gasteiger partial charge in [0.1, 0.15) is 0 Å². The molecule has 5 nitrogen and oxygen atoms in total. The molecule has 3 aromatic rings. The van der Waals surface area contributed by atoms with Crippen LogP contribution >= 0.6 is 0 Å². The van der Waals surface area contributed by atoms with Gasteiger partial charge in [-0.15, -0.1) is 0 Å². The molecule has 5 heteroatoms. The lowest BCUT2D eigenvalue weighted by molar-refractivity contribution is 0.102. The van der Waals surface area contributed by atoms with Crippen LogP contribution in [0.25, 0.3) is 0 Å². The molecule has 0 fully saturated rings. The fourth-order valence-corrected chi connectivity index (χ4v) is 2.85. The van der Waals surface area contributed by atoms with Gasteiger partial charge in [-0.1, -0.05) is 31.2 Å². The number of hydrogen-bond acceptors (Lipinski definition) is 4. The van der Waals surface area contributed by atoms with Crippen molar-refractivity contribution in [2.75, 3.05) is 10.6 Å². The van der Waals surface area contributed by atoms with Gasteiger partial charge >= 0.3 is 0 Å². The molecule has 0 atom stereocenters. The van der Waals surface area contributed by atoms with Gasteiger partial charge in [0.15, 0.2) is 0 Å². The highest BCUT2D eigenvalue weighted by Crippen LogP contribution is 2.23. The SMILES string of the molecule is CCc1cccc(C)c1Nc1ncc(C(=O)Nc2ccc(C)c(C)c2)cn1. The van der Waals surface area contributed by atoms with Gasteiger partial charge in [0.25, 0.3) is 5.91 Å². The number of aryl methyl sites for hydroxylation is 4. The minimum Gasteiger partial charge on any atom is -0.324 e. The third kappa shape index (κ3) is 4.31. The number of benzene rings is 2. The molecule has 1 aromatic heterocycles. The first-order valence-electron chi connectivity index (χ1n) is 9.04. The standard InChI is InChI=1S/C22H24N4O/c1-5-17-8-6-7-15(3)20(17)26-22-23-12-18(13-24-22)21(27)25-19-10-9-14(2)16(4)11-19/h6-13H,5H2,1-4H3,(H,25,27)(H,23,24,26). The number of carbonyl (C=O) groups is 1. The Hall–Kier alpha value is -3.21. The quantitative estimate of drug-likeness (QED) is 0.675. The number of hydrogen-bond donors (Lipinski definition) is 2. The molecule has 0 saturated carbocycles. The van der Waals surface area contributed by atoms with Crippen LogP contribution in [0.3, 0.4) is 0 Å². The molecule has 138 valence electrons. The fourth-order valence-electron chi connectivity index (χ4n) is 2.85. The Morgan fingerprint density at radius 3 is 2.37 bits per heavy atom. The summed E-state index contributed by atoms with van der Waals surface area (Å²) in [5.74, 6) is 0.247. The summed E-state index contributed by atoms with van der Waals surface area (Å²) in [5, 5.41) is 6.15. The minimum atomic E-state index is -0.227. The van der Waals surface area contributed by atoms with E-state index in [1.807, 2.05) is 51.1 Å². The molecule has 2 N–H and O–H groups in total. The lowest BCUT2D eigenvalue weighted by Crippen LogP contribution is -2.13. The molecule has 0 saturated heterocycles. The van der Waals surface area contributed by atoms with Crippen LogP contribution in [0, 0.1) is 20.8 Å². The molecule has 0 aliphatic carbocycles. The number of nitrogens with one attached hydrogen (secondary N) is 2. The van der Waals surface area contributed by atoms with E-state index in [9.17, 15) is 4.79 Å². The topological polar surface area (TPSA) is 66.9 Å². The van der Waals surface area contributed by atoms with Crippen molar-refractivity contribution in [1.82, 2.24) is 9.97 Å². The summed E-state index contributed by atoms with van der Waals surface area (Å²) in [6.07, 6.45) is 3.99. The maximum absolute atomic E-state index is 12.4. The average Bonchev–Trinajstić information content (AvgIpc) is 2.67. The molecule has 27 heavy (non-hydrogen) atoms. The summed E-state index contributed by atoms with van der Waals surface area (Å²) < 4.78 is 0. The van der Waals surface area contributed by atoms with Crippen LogP contribution in [0.2, 0.25) is 0 Å². The summed E-state index contributed by atoms with van der Waals surface area (Å²) >= 11 is 0. The molecule has 3 rings (SSSR count). The molecule has 0 radical (unpaired) electrons. The van der Waals surface area contributed by atoms with Crippen LogP contribution < -0.4 is 10.6 Å². The molecule has 0 spiro atoms. The van der Waals surface area contributed by atoms with E-state index in [0.717, 1.165) is 28.9 Å². The van der Waals surface area contributed by atoms with E-state index in [2.05, 4.69) is 33.6 Å². The van der Waals surface area contributed by atoms with Gasteiger partial charge in [-0.2, -0.15) is 0 Å². The molecule has 1 amide bonds. The number of rotatable bonds is 5. The Morgan fingerprint density at radius 1 is 0.963 bits per heavy atom. The maximum Gasteiger partial charge on any atom is 0.258 e. The lowest BCUT2D eigenvalue weighted by Gasteiger charge is -2.13. The van der Waals surface area contributed by atoms with Gasteiger partial charge in [-0.3, -0.25) is 4.79 Å². The zero-order valence-corrected chi connectivity index (χ0v) is 16.1. The molecule has 0 bridgehead atoms. The second-order valence-electron chi connectivity index (χ2n) is 6.64. The van der Waals surface area contributed by atoms with E-state index >= 15 is 0 Å². The van der Waals surface area contributed by atoms with Gasteiger partial charge in [0, 0.05) is 23.8 Å². The molecular weight excluding hydrogens is 336 g/mol. The van der Waals surface area contributed by atoms with Crippen LogP contribution in [0.4, 0.5) is 17.3 Å². The zero-order valence-electron chi connectivity index (χ0n) is 16.1. The van der Waals surface area contributed by atoms with Crippen LogP contribution in [-0.2, 0) is 6.42 Å². The second-order valence-corrected chi connectivity index (χ2v) is 6.64. The van der Waals surface area contributed by atoms with E-state index in [0.29, 0.717) is 11.5 Å². The third-order valence-corrected chi connectivity index (χ3v) is 4.66.